The lowest BCUT2D eigenvalue weighted by Crippen LogP contribution is -2.43. The molecule has 1 atom stereocenters. The van der Waals surface area contributed by atoms with E-state index in [0.717, 1.165) is 5.56 Å². The second kappa shape index (κ2) is 9.31. The maximum absolute atomic E-state index is 13.2. The minimum Gasteiger partial charge on any atom is -0.452 e. The van der Waals surface area contributed by atoms with Crippen molar-refractivity contribution in [1.29, 1.82) is 0 Å². The minimum absolute atomic E-state index is 0.0466. The van der Waals surface area contributed by atoms with Gasteiger partial charge in [0.05, 0.1) is 28.3 Å². The Bertz CT molecular complexity index is 1310. The maximum Gasteiger partial charge on any atom is 0.339 e. The van der Waals surface area contributed by atoms with Crippen LogP contribution in [0.25, 0.3) is 22.2 Å². The van der Waals surface area contributed by atoms with Gasteiger partial charge in [-0.1, -0.05) is 48.5 Å². The number of rotatable bonds is 6. The van der Waals surface area contributed by atoms with Gasteiger partial charge in [0.15, 0.2) is 16.4 Å². The van der Waals surface area contributed by atoms with E-state index in [1.807, 2.05) is 61.5 Å². The fourth-order valence-corrected chi connectivity index (χ4v) is 6.12. The Balaban J connectivity index is 1.60. The van der Waals surface area contributed by atoms with E-state index in [1.165, 1.54) is 4.90 Å². The first-order valence-electron chi connectivity index (χ1n) is 10.9. The second-order valence-corrected chi connectivity index (χ2v) is 10.4. The largest absolute Gasteiger partial charge is 0.452 e. The average molecular weight is 467 g/mol. The number of nitrogens with zero attached hydrogens (tertiary/aromatic N) is 2. The quantitative estimate of drug-likeness (QED) is 0.517. The summed E-state index contributed by atoms with van der Waals surface area (Å²) >= 11 is 0. The van der Waals surface area contributed by atoms with Crippen LogP contribution < -0.4 is 0 Å². The van der Waals surface area contributed by atoms with Gasteiger partial charge in [0.1, 0.15) is 0 Å². The molecule has 0 N–H and O–H groups in total. The summed E-state index contributed by atoms with van der Waals surface area (Å²) in [5, 5.41) is 0.654. The van der Waals surface area contributed by atoms with Crippen LogP contribution in [0.5, 0.6) is 0 Å². The van der Waals surface area contributed by atoms with Crippen molar-refractivity contribution in [3.63, 3.8) is 0 Å². The van der Waals surface area contributed by atoms with Crippen LogP contribution in [0.4, 0.5) is 0 Å². The summed E-state index contributed by atoms with van der Waals surface area (Å²) in [7, 11) is -3.13. The fraction of sp³-hybridized carbons (Fsp3) is 0.320. The summed E-state index contributed by atoms with van der Waals surface area (Å²) in [6, 6.07) is 16.5. The zero-order valence-corrected chi connectivity index (χ0v) is 19.5. The molecule has 0 bridgehead atoms. The highest BCUT2D eigenvalue weighted by Gasteiger charge is 2.34. The number of carbonyl (C=O) groups is 2. The van der Waals surface area contributed by atoms with Gasteiger partial charge in [-0.25, -0.2) is 18.2 Å². The molecular formula is C25H26N2O5S. The van der Waals surface area contributed by atoms with Crippen molar-refractivity contribution in [2.45, 2.75) is 26.3 Å². The molecule has 1 amide bonds. The van der Waals surface area contributed by atoms with Crippen LogP contribution in [0.2, 0.25) is 0 Å². The molecule has 0 unspecified atom stereocenters. The van der Waals surface area contributed by atoms with Crippen LogP contribution in [-0.2, 0) is 19.4 Å². The van der Waals surface area contributed by atoms with E-state index >= 15 is 0 Å². The summed E-state index contributed by atoms with van der Waals surface area (Å²) in [5.74, 6) is -0.972. The van der Waals surface area contributed by atoms with Crippen molar-refractivity contribution in [3.05, 3.63) is 65.7 Å². The van der Waals surface area contributed by atoms with Gasteiger partial charge in [-0.3, -0.25) is 4.79 Å². The molecule has 1 aliphatic heterocycles. The first kappa shape index (κ1) is 22.9. The molecule has 0 aliphatic carbocycles. The Morgan fingerprint density at radius 1 is 1.09 bits per heavy atom. The lowest BCUT2D eigenvalue weighted by atomic mass is 9.98. The molecule has 1 aromatic heterocycles. The highest BCUT2D eigenvalue weighted by molar-refractivity contribution is 7.91. The molecular weight excluding hydrogens is 440 g/mol. The summed E-state index contributed by atoms with van der Waals surface area (Å²) in [6.45, 7) is 3.52. The van der Waals surface area contributed by atoms with E-state index in [9.17, 15) is 18.0 Å². The van der Waals surface area contributed by atoms with Gasteiger partial charge in [-0.15, -0.1) is 0 Å². The van der Waals surface area contributed by atoms with E-state index in [0.29, 0.717) is 40.7 Å². The third-order valence-corrected chi connectivity index (χ3v) is 7.77. The second-order valence-electron chi connectivity index (χ2n) is 8.16. The SMILES string of the molecule is CCN(C(=O)COC(=O)c1c(C)c(-c2ccccc2)nc2ccccc12)[C@@H]1CCS(=O)(=O)C1. The highest BCUT2D eigenvalue weighted by atomic mass is 32.2. The number of carbonyl (C=O) groups excluding carboxylic acids is 2. The van der Waals surface area contributed by atoms with E-state index in [-0.39, 0.29) is 17.5 Å². The van der Waals surface area contributed by atoms with E-state index in [2.05, 4.69) is 0 Å². The zero-order chi connectivity index (χ0) is 23.6. The molecule has 1 aliphatic rings. The third-order valence-electron chi connectivity index (χ3n) is 6.02. The number of ether oxygens (including phenoxy) is 1. The molecule has 33 heavy (non-hydrogen) atoms. The number of sulfone groups is 1. The number of esters is 1. The van der Waals surface area contributed by atoms with Crippen molar-refractivity contribution in [3.8, 4) is 11.3 Å². The number of hydrogen-bond donors (Lipinski definition) is 0. The number of para-hydroxylation sites is 1. The monoisotopic (exact) mass is 466 g/mol. The number of pyridine rings is 1. The van der Waals surface area contributed by atoms with E-state index < -0.39 is 28.3 Å². The average Bonchev–Trinajstić information content (AvgIpc) is 3.17. The third kappa shape index (κ3) is 4.75. The Kier molecular flexibility index (Phi) is 6.47. The highest BCUT2D eigenvalue weighted by Crippen LogP contribution is 2.30. The van der Waals surface area contributed by atoms with E-state index in [4.69, 9.17) is 9.72 Å². The molecule has 2 aromatic carbocycles. The standard InChI is InChI=1S/C25H26N2O5S/c1-3-27(19-13-14-33(30,31)16-19)22(28)15-32-25(29)23-17(2)24(18-9-5-4-6-10-18)26-21-12-8-7-11-20(21)23/h4-12,19H,3,13-16H2,1-2H3/t19-/m1/s1. The predicted octanol–water partition coefficient (Wildman–Crippen LogP) is 3.40. The van der Waals surface area contributed by atoms with Gasteiger partial charge in [0.2, 0.25) is 0 Å². The first-order valence-corrected chi connectivity index (χ1v) is 12.7. The summed E-state index contributed by atoms with van der Waals surface area (Å²) in [6.07, 6.45) is 0.407. The summed E-state index contributed by atoms with van der Waals surface area (Å²) in [5.41, 5.74) is 3.27. The predicted molar refractivity (Wildman–Crippen MR) is 127 cm³/mol. The molecule has 0 spiro atoms. The van der Waals surface area contributed by atoms with E-state index in [1.54, 1.807) is 6.92 Å². The molecule has 3 aromatic rings. The number of amides is 1. The van der Waals surface area contributed by atoms with Crippen molar-refractivity contribution in [2.75, 3.05) is 24.7 Å². The Morgan fingerprint density at radius 2 is 1.79 bits per heavy atom. The van der Waals surface area contributed by atoms with Crippen molar-refractivity contribution in [1.82, 2.24) is 9.88 Å². The van der Waals surface area contributed by atoms with Crippen LogP contribution in [0.3, 0.4) is 0 Å². The molecule has 0 saturated carbocycles. The number of fused-ring (bicyclic) bond motifs is 1. The normalized spacial score (nSPS) is 17.1. The molecule has 7 nitrogen and oxygen atoms in total. The Labute approximate surface area is 193 Å². The zero-order valence-electron chi connectivity index (χ0n) is 18.7. The van der Waals surface area contributed by atoms with Crippen LogP contribution in [0.1, 0.15) is 29.3 Å². The summed E-state index contributed by atoms with van der Waals surface area (Å²) in [4.78, 5) is 32.2. The lowest BCUT2D eigenvalue weighted by molar-refractivity contribution is -0.136. The number of benzene rings is 2. The van der Waals surface area contributed by atoms with Crippen LogP contribution >= 0.6 is 0 Å². The van der Waals surface area contributed by atoms with Crippen molar-refractivity contribution >= 4 is 32.6 Å². The molecule has 4 rings (SSSR count). The molecule has 2 heterocycles. The fourth-order valence-electron chi connectivity index (χ4n) is 4.39. The number of hydrogen-bond acceptors (Lipinski definition) is 6. The number of likely N-dealkylation sites (N-methyl/N-ethyl adjacent to an activating group) is 1. The van der Waals surface area contributed by atoms with Crippen molar-refractivity contribution < 1.29 is 22.7 Å². The van der Waals surface area contributed by atoms with Gasteiger partial charge in [-0.05, 0) is 31.9 Å². The van der Waals surface area contributed by atoms with Crippen molar-refractivity contribution in [2.24, 2.45) is 0 Å². The first-order chi connectivity index (χ1) is 15.8. The van der Waals surface area contributed by atoms with Gasteiger partial charge < -0.3 is 9.64 Å². The molecule has 1 saturated heterocycles. The van der Waals surface area contributed by atoms with Gasteiger partial charge >= 0.3 is 5.97 Å². The molecule has 172 valence electrons. The molecule has 1 fully saturated rings. The maximum atomic E-state index is 13.2. The summed E-state index contributed by atoms with van der Waals surface area (Å²) < 4.78 is 29.1. The van der Waals surface area contributed by atoms with Gasteiger partial charge in [0, 0.05) is 23.5 Å². The topological polar surface area (TPSA) is 93.6 Å². The van der Waals surface area contributed by atoms with Crippen LogP contribution in [0, 0.1) is 6.92 Å². The van der Waals surface area contributed by atoms with Crippen LogP contribution in [-0.4, -0.2) is 60.9 Å². The lowest BCUT2D eigenvalue weighted by Gasteiger charge is -2.26. The smallest absolute Gasteiger partial charge is 0.339 e. The minimum atomic E-state index is -3.13. The Morgan fingerprint density at radius 3 is 2.45 bits per heavy atom. The van der Waals surface area contributed by atoms with Crippen LogP contribution in [0.15, 0.2) is 54.6 Å². The van der Waals surface area contributed by atoms with Gasteiger partial charge in [-0.2, -0.15) is 0 Å². The van der Waals surface area contributed by atoms with Gasteiger partial charge in [0.25, 0.3) is 5.91 Å². The Hall–Kier alpha value is -3.26. The molecule has 8 heteroatoms. The molecule has 0 radical (unpaired) electrons. The number of aromatic nitrogens is 1.